The van der Waals surface area contributed by atoms with Gasteiger partial charge >= 0.3 is 31.4 Å². The Hall–Kier alpha value is -5.85. The topological polar surface area (TPSA) is 340 Å². The molecule has 0 aliphatic heterocycles. The Morgan fingerprint density at radius 3 is 1.43 bits per heavy atom. The lowest BCUT2D eigenvalue weighted by atomic mass is 10.1. The molecule has 4 aromatic heterocycles. The molecule has 5 atom stereocenters. The number of nitrogen functional groups attached to an aromatic ring is 2. The van der Waals surface area contributed by atoms with E-state index in [-0.39, 0.29) is 48.7 Å². The number of nitrogens with two attached hydrogens (primary N) is 2. The molecule has 0 aliphatic carbocycles. The molecule has 1 aromatic carbocycles. The maximum absolute atomic E-state index is 14.0. The van der Waals surface area contributed by atoms with Gasteiger partial charge in [0.2, 0.25) is 0 Å². The van der Waals surface area contributed by atoms with Crippen molar-refractivity contribution in [3.63, 3.8) is 0 Å². The zero-order valence-electron chi connectivity index (χ0n) is 51.3. The van der Waals surface area contributed by atoms with Crippen LogP contribution in [0, 0.1) is 5.92 Å². The van der Waals surface area contributed by atoms with Crippen molar-refractivity contribution in [3.8, 4) is 5.75 Å². The molecule has 0 saturated carbocycles. The first-order valence-corrected chi connectivity index (χ1v) is 32.1. The monoisotopic (exact) mass is 1240 g/mol. The van der Waals surface area contributed by atoms with Gasteiger partial charge in [0.05, 0.1) is 69.3 Å². The van der Waals surface area contributed by atoms with Crippen molar-refractivity contribution in [2.24, 2.45) is 5.92 Å². The summed E-state index contributed by atoms with van der Waals surface area (Å²) < 4.78 is 75.6. The first-order chi connectivity index (χ1) is 39.3. The lowest BCUT2D eigenvalue weighted by Crippen LogP contribution is -2.47. The molecule has 84 heavy (non-hydrogen) atoms. The second kappa shape index (κ2) is 34.3. The van der Waals surface area contributed by atoms with Crippen molar-refractivity contribution in [1.29, 1.82) is 0 Å². The average Bonchev–Trinajstić information content (AvgIpc) is 4.23. The Morgan fingerprint density at radius 2 is 1.02 bits per heavy atom. The molecule has 2 unspecified atom stereocenters. The second-order valence-electron chi connectivity index (χ2n) is 21.8. The van der Waals surface area contributed by atoms with Crippen molar-refractivity contribution in [1.82, 2.24) is 49.2 Å². The molecule has 470 valence electrons. The van der Waals surface area contributed by atoms with E-state index in [1.807, 2.05) is 41.5 Å². The number of benzene rings is 1. The van der Waals surface area contributed by atoms with E-state index in [0.29, 0.717) is 52.8 Å². The van der Waals surface area contributed by atoms with Crippen molar-refractivity contribution >= 4 is 84.5 Å². The van der Waals surface area contributed by atoms with Gasteiger partial charge in [-0.15, -0.1) is 0 Å². The van der Waals surface area contributed by atoms with Gasteiger partial charge in [-0.05, 0) is 113 Å². The summed E-state index contributed by atoms with van der Waals surface area (Å²) in [6, 6.07) is 6.43. The van der Waals surface area contributed by atoms with E-state index in [0.717, 1.165) is 38.5 Å². The van der Waals surface area contributed by atoms with Gasteiger partial charge in [0, 0.05) is 5.02 Å². The maximum atomic E-state index is 14.0. The first-order valence-electron chi connectivity index (χ1n) is 28.1. The molecular formula is C55H89ClN12O14P2. The lowest BCUT2D eigenvalue weighted by Gasteiger charge is -2.31. The lowest BCUT2D eigenvalue weighted by molar-refractivity contribution is -0.155. The number of unbranched alkanes of at least 4 members (excludes halogenated alkanes) is 4. The number of ether oxygens (including phenoxy) is 6. The van der Waals surface area contributed by atoms with Crippen LogP contribution in [0.3, 0.4) is 0 Å². The zero-order valence-corrected chi connectivity index (χ0v) is 53.8. The molecule has 0 bridgehead atoms. The molecule has 29 heteroatoms. The number of halogens is 1. The Morgan fingerprint density at radius 1 is 0.607 bits per heavy atom. The van der Waals surface area contributed by atoms with Crippen LogP contribution in [-0.4, -0.2) is 130 Å². The fraction of sp³-hybridized carbons (Fsp3) is 0.636. The number of hydrogen-bond donors (Lipinski definition) is 4. The number of imidazole rings is 2. The number of rotatable bonds is 32. The van der Waals surface area contributed by atoms with Crippen molar-refractivity contribution in [2.75, 3.05) is 37.4 Å². The highest BCUT2D eigenvalue weighted by atomic mass is 35.5. The fourth-order valence-corrected chi connectivity index (χ4v) is 11.7. The first kappa shape index (κ1) is 72.4. The molecule has 5 aromatic rings. The summed E-state index contributed by atoms with van der Waals surface area (Å²) >= 11 is 5.97. The van der Waals surface area contributed by atoms with Crippen molar-refractivity contribution in [2.45, 2.75) is 197 Å². The number of nitrogens with zero attached hydrogens (tertiary/aromatic N) is 8. The summed E-state index contributed by atoms with van der Waals surface area (Å²) in [4.78, 5) is 73.4. The van der Waals surface area contributed by atoms with Gasteiger partial charge in [-0.1, -0.05) is 65.0 Å². The van der Waals surface area contributed by atoms with Crippen LogP contribution < -0.4 is 26.2 Å². The van der Waals surface area contributed by atoms with Crippen LogP contribution in [0.2, 0.25) is 5.02 Å². The minimum atomic E-state index is -3.94. The van der Waals surface area contributed by atoms with Gasteiger partial charge in [0.1, 0.15) is 53.2 Å². The van der Waals surface area contributed by atoms with Crippen LogP contribution in [0.25, 0.3) is 22.3 Å². The average molecular weight is 1240 g/mol. The smallest absolute Gasteiger partial charge is 0.342 e. The molecule has 26 nitrogen and oxygen atoms in total. The maximum Gasteiger partial charge on any atom is 0.342 e. The third-order valence-electron chi connectivity index (χ3n) is 11.6. The van der Waals surface area contributed by atoms with E-state index in [2.05, 4.69) is 47.0 Å². The zero-order chi connectivity index (χ0) is 63.0. The highest BCUT2D eigenvalue weighted by molar-refractivity contribution is 7.57. The standard InChI is InChI=1S/C24H34ClN6O5P.C24H41N6O7P.C7H14O2/c1-5-6-7-12-34-23(32)24(3,4)30-37(33,36-19-10-8-18(25)9-11-19)16-35-17(2)13-31-15-29-20-21(26)27-14-28-22(20)31;1-8-9-10-11-34-23(32)24(6,7)29-38(33,37-18(5)22(31)36-16(2)3)15-35-17(4)12-30-14-28-19-20(25)26-13-27-21(19)30;1-5(2)7(8)9-6(3)4/h8-11,14-15,17H,5-7,12-13,16H2,1-4H3,(H,30,33)(H2,26,27,28);13-14,16-18H,8-12,15H2,1-7H3,(H,29,33)(H2,25,26,27);5-6H,1-4H3/t17-,37?;17-,18+,38?;/m11./s1. The largest absolute Gasteiger partial charge is 0.464 e. The van der Waals surface area contributed by atoms with E-state index < -0.39 is 68.7 Å². The van der Waals surface area contributed by atoms with Crippen LogP contribution in [0.15, 0.2) is 49.6 Å². The normalized spacial score (nSPS) is 14.3. The van der Waals surface area contributed by atoms with Crippen LogP contribution in [0.1, 0.15) is 142 Å². The number of nitrogens with one attached hydrogen (secondary N) is 2. The highest BCUT2D eigenvalue weighted by Crippen LogP contribution is 2.47. The van der Waals surface area contributed by atoms with E-state index in [1.54, 1.807) is 80.7 Å². The van der Waals surface area contributed by atoms with E-state index in [1.165, 1.54) is 33.4 Å². The molecule has 6 N–H and O–H groups in total. The van der Waals surface area contributed by atoms with Crippen LogP contribution >= 0.6 is 26.6 Å². The van der Waals surface area contributed by atoms with E-state index in [9.17, 15) is 28.3 Å². The SMILES string of the molecule is CC(C)OC(=O)C(C)C.CCCCCOC(=O)C(C)(C)NP(=O)(CO[C@H](C)Cn1cnc2c(N)ncnc21)O[C@@H](C)C(=O)OC(C)C.CCCCCOC(=O)C(C)(C)NP(=O)(CO[C@H](C)Cn1cnc2c(N)ncnc21)Oc1ccc(Cl)cc1. The molecule has 0 spiro atoms. The Labute approximate surface area is 498 Å². The van der Waals surface area contributed by atoms with Crippen molar-refractivity contribution in [3.05, 3.63) is 54.6 Å². The third-order valence-corrected chi connectivity index (χ3v) is 15.8. The Kier molecular flexibility index (Phi) is 29.6. The number of esters is 4. The molecule has 0 radical (unpaired) electrons. The quantitative estimate of drug-likeness (QED) is 0.0135. The van der Waals surface area contributed by atoms with Crippen LogP contribution in [0.4, 0.5) is 11.6 Å². The van der Waals surface area contributed by atoms with Gasteiger partial charge < -0.3 is 58.1 Å². The number of carbonyl (C=O) groups is 4. The Balaban J connectivity index is 0.000000384. The number of aromatic nitrogens is 8. The predicted molar refractivity (Wildman–Crippen MR) is 321 cm³/mol. The van der Waals surface area contributed by atoms with E-state index >= 15 is 0 Å². The highest BCUT2D eigenvalue weighted by Gasteiger charge is 2.42. The van der Waals surface area contributed by atoms with Gasteiger partial charge in [-0.25, -0.2) is 44.9 Å². The van der Waals surface area contributed by atoms with Gasteiger partial charge in [0.25, 0.3) is 7.52 Å². The summed E-state index contributed by atoms with van der Waals surface area (Å²) in [7, 11) is -7.70. The van der Waals surface area contributed by atoms with Gasteiger partial charge in [-0.2, -0.15) is 0 Å². The summed E-state index contributed by atoms with van der Waals surface area (Å²) in [6.07, 6.45) is 8.04. The molecule has 0 fully saturated rings. The molecule has 0 amide bonds. The number of hydrogen-bond acceptors (Lipinski definition) is 22. The number of anilines is 2. The van der Waals surface area contributed by atoms with Gasteiger partial charge in [-0.3, -0.25) is 23.5 Å². The minimum Gasteiger partial charge on any atom is -0.464 e. The van der Waals surface area contributed by atoms with Gasteiger partial charge in [0.15, 0.2) is 29.0 Å². The Bertz CT molecular complexity index is 2960. The summed E-state index contributed by atoms with van der Waals surface area (Å²) in [6.45, 7) is 27.3. The third kappa shape index (κ3) is 24.6. The molecule has 0 aliphatic rings. The molecule has 0 saturated heterocycles. The summed E-state index contributed by atoms with van der Waals surface area (Å²) in [5, 5.41) is 6.15. The van der Waals surface area contributed by atoms with E-state index in [4.69, 9.17) is 60.5 Å². The molecule has 4 heterocycles. The number of fused-ring (bicyclic) bond motifs is 2. The van der Waals surface area contributed by atoms with Crippen LogP contribution in [0.5, 0.6) is 5.75 Å². The summed E-state index contributed by atoms with van der Waals surface area (Å²) in [5.41, 5.74) is 11.1. The molecular weight excluding hydrogens is 1150 g/mol. The number of carbonyl (C=O) groups excluding carboxylic acids is 4. The summed E-state index contributed by atoms with van der Waals surface area (Å²) in [5.74, 6) is -1.07. The van der Waals surface area contributed by atoms with Crippen LogP contribution in [-0.2, 0) is 74.3 Å². The second-order valence-corrected chi connectivity index (χ2v) is 26.3. The fourth-order valence-electron chi connectivity index (χ4n) is 7.34. The minimum absolute atomic E-state index is 0.00704. The van der Waals surface area contributed by atoms with Crippen molar-refractivity contribution < 1.29 is 65.8 Å². The predicted octanol–water partition coefficient (Wildman–Crippen LogP) is 9.81. The molecule has 5 rings (SSSR count).